The molecule has 1 aromatic rings. The normalized spacial score (nSPS) is 11.5. The Morgan fingerprint density at radius 3 is 2.40 bits per heavy atom. The van der Waals surface area contributed by atoms with Crippen molar-refractivity contribution >= 4 is 11.4 Å². The van der Waals surface area contributed by atoms with Gasteiger partial charge in [0.2, 0.25) is 0 Å². The number of nitrogens with two attached hydrogens (primary N) is 1. The minimum absolute atomic E-state index is 0.283. The third kappa shape index (κ3) is 3.46. The van der Waals surface area contributed by atoms with Crippen LogP contribution in [0.15, 0.2) is 18.2 Å². The van der Waals surface area contributed by atoms with Crippen molar-refractivity contribution in [1.29, 1.82) is 0 Å². The number of nitrogen functional groups attached to an aromatic ring is 1. The van der Waals surface area contributed by atoms with Crippen LogP contribution in [0.1, 0.15) is 26.3 Å². The van der Waals surface area contributed by atoms with E-state index in [0.717, 1.165) is 17.9 Å². The third-order valence-corrected chi connectivity index (χ3v) is 2.31. The summed E-state index contributed by atoms with van der Waals surface area (Å²) in [6.07, 6.45) is 0. The van der Waals surface area contributed by atoms with Crippen LogP contribution in [-0.4, -0.2) is 13.6 Å². The highest BCUT2D eigenvalue weighted by Crippen LogP contribution is 2.26. The highest BCUT2D eigenvalue weighted by atomic mass is 15.1. The molecule has 0 atom stereocenters. The number of hydrogen-bond acceptors (Lipinski definition) is 2. The van der Waals surface area contributed by atoms with Crippen LogP contribution >= 0.6 is 0 Å². The highest BCUT2D eigenvalue weighted by Gasteiger charge is 2.15. The summed E-state index contributed by atoms with van der Waals surface area (Å²) in [6, 6.07) is 6.16. The molecule has 0 spiro atoms. The van der Waals surface area contributed by atoms with E-state index < -0.39 is 0 Å². The van der Waals surface area contributed by atoms with Crippen LogP contribution < -0.4 is 10.6 Å². The summed E-state index contributed by atoms with van der Waals surface area (Å²) in [5.74, 6) is 0. The molecule has 0 aliphatic rings. The third-order valence-electron chi connectivity index (χ3n) is 2.31. The predicted molar refractivity (Wildman–Crippen MR) is 68.3 cm³/mol. The molecule has 0 heterocycles. The van der Waals surface area contributed by atoms with Crippen LogP contribution in [0.2, 0.25) is 0 Å². The molecule has 1 aromatic carbocycles. The number of benzene rings is 1. The Bertz CT molecular complexity index is 337. The summed E-state index contributed by atoms with van der Waals surface area (Å²) < 4.78 is 0. The zero-order chi connectivity index (χ0) is 11.6. The topological polar surface area (TPSA) is 29.3 Å². The quantitative estimate of drug-likeness (QED) is 0.754. The molecule has 0 saturated carbocycles. The van der Waals surface area contributed by atoms with E-state index in [-0.39, 0.29) is 5.41 Å². The van der Waals surface area contributed by atoms with E-state index in [2.05, 4.69) is 45.7 Å². The Morgan fingerprint density at radius 1 is 1.27 bits per heavy atom. The van der Waals surface area contributed by atoms with Gasteiger partial charge in [-0.3, -0.25) is 0 Å². The van der Waals surface area contributed by atoms with Gasteiger partial charge in [-0.2, -0.15) is 0 Å². The lowest BCUT2D eigenvalue weighted by Crippen LogP contribution is -2.29. The summed E-state index contributed by atoms with van der Waals surface area (Å²) >= 11 is 0. The average Bonchev–Trinajstić information content (AvgIpc) is 2.06. The van der Waals surface area contributed by atoms with E-state index in [9.17, 15) is 0 Å². The molecule has 0 aromatic heterocycles. The lowest BCUT2D eigenvalue weighted by Gasteiger charge is -2.29. The second kappa shape index (κ2) is 4.13. The summed E-state index contributed by atoms with van der Waals surface area (Å²) in [6.45, 7) is 9.79. The van der Waals surface area contributed by atoms with Gasteiger partial charge in [0.05, 0.1) is 11.4 Å². The fourth-order valence-corrected chi connectivity index (χ4v) is 1.78. The summed E-state index contributed by atoms with van der Waals surface area (Å²) in [4.78, 5) is 2.22. The number of nitrogens with zero attached hydrogens (tertiary/aromatic N) is 1. The number of anilines is 2. The monoisotopic (exact) mass is 206 g/mol. The van der Waals surface area contributed by atoms with Gasteiger partial charge in [0.25, 0.3) is 0 Å². The maximum absolute atomic E-state index is 5.97. The SMILES string of the molecule is Cc1ccc(N)c(N(C)CC(C)(C)C)c1. The number of aryl methyl sites for hydroxylation is 1. The molecule has 0 aliphatic carbocycles. The Hall–Kier alpha value is -1.18. The first-order chi connectivity index (χ1) is 6.79. The van der Waals surface area contributed by atoms with Crippen LogP contribution in [-0.2, 0) is 0 Å². The van der Waals surface area contributed by atoms with Crippen molar-refractivity contribution in [3.63, 3.8) is 0 Å². The largest absolute Gasteiger partial charge is 0.397 e. The van der Waals surface area contributed by atoms with Gasteiger partial charge in [-0.05, 0) is 30.0 Å². The van der Waals surface area contributed by atoms with Gasteiger partial charge in [0.1, 0.15) is 0 Å². The fraction of sp³-hybridized carbons (Fsp3) is 0.538. The molecule has 1 rings (SSSR count). The molecule has 0 aliphatic heterocycles. The lowest BCUT2D eigenvalue weighted by atomic mass is 9.96. The highest BCUT2D eigenvalue weighted by molar-refractivity contribution is 5.68. The Kier molecular flexibility index (Phi) is 3.28. The van der Waals surface area contributed by atoms with E-state index in [1.165, 1.54) is 5.56 Å². The zero-order valence-corrected chi connectivity index (χ0v) is 10.5. The second-order valence-electron chi connectivity index (χ2n) is 5.48. The van der Waals surface area contributed by atoms with Crippen molar-refractivity contribution < 1.29 is 0 Å². The molecule has 0 amide bonds. The molecule has 2 heteroatoms. The zero-order valence-electron chi connectivity index (χ0n) is 10.5. The second-order valence-corrected chi connectivity index (χ2v) is 5.48. The van der Waals surface area contributed by atoms with Crippen molar-refractivity contribution in [3.05, 3.63) is 23.8 Å². The standard InChI is InChI=1S/C13H22N2/c1-10-6-7-11(14)12(8-10)15(5)9-13(2,3)4/h6-8H,9,14H2,1-5H3. The summed E-state index contributed by atoms with van der Waals surface area (Å²) in [5.41, 5.74) is 9.48. The fourth-order valence-electron chi connectivity index (χ4n) is 1.78. The van der Waals surface area contributed by atoms with Gasteiger partial charge in [0, 0.05) is 13.6 Å². The Balaban J connectivity index is 2.90. The molecular weight excluding hydrogens is 184 g/mol. The van der Waals surface area contributed by atoms with Gasteiger partial charge in [-0.1, -0.05) is 26.8 Å². The van der Waals surface area contributed by atoms with Crippen LogP contribution in [0.25, 0.3) is 0 Å². The average molecular weight is 206 g/mol. The van der Waals surface area contributed by atoms with Gasteiger partial charge in [-0.15, -0.1) is 0 Å². The molecule has 0 radical (unpaired) electrons. The van der Waals surface area contributed by atoms with E-state index >= 15 is 0 Å². The molecule has 0 fully saturated rings. The minimum Gasteiger partial charge on any atom is -0.397 e. The molecule has 2 nitrogen and oxygen atoms in total. The van der Waals surface area contributed by atoms with E-state index in [1.54, 1.807) is 0 Å². The van der Waals surface area contributed by atoms with Gasteiger partial charge in [-0.25, -0.2) is 0 Å². The summed E-state index contributed by atoms with van der Waals surface area (Å²) in [7, 11) is 2.09. The molecule has 0 bridgehead atoms. The van der Waals surface area contributed by atoms with Crippen LogP contribution in [0.5, 0.6) is 0 Å². The molecule has 0 unspecified atom stereocenters. The molecule has 84 valence electrons. The maximum Gasteiger partial charge on any atom is 0.0600 e. The molecule has 2 N–H and O–H groups in total. The molecular formula is C13H22N2. The Labute approximate surface area is 93.1 Å². The van der Waals surface area contributed by atoms with Gasteiger partial charge < -0.3 is 10.6 Å². The number of hydrogen-bond donors (Lipinski definition) is 1. The van der Waals surface area contributed by atoms with E-state index in [0.29, 0.717) is 0 Å². The van der Waals surface area contributed by atoms with Gasteiger partial charge in [0.15, 0.2) is 0 Å². The van der Waals surface area contributed by atoms with E-state index in [1.807, 2.05) is 12.1 Å². The van der Waals surface area contributed by atoms with Crippen molar-refractivity contribution in [3.8, 4) is 0 Å². The maximum atomic E-state index is 5.97. The Morgan fingerprint density at radius 2 is 1.87 bits per heavy atom. The van der Waals surface area contributed by atoms with Crippen molar-refractivity contribution in [1.82, 2.24) is 0 Å². The van der Waals surface area contributed by atoms with Crippen molar-refractivity contribution in [2.75, 3.05) is 24.2 Å². The summed E-state index contributed by atoms with van der Waals surface area (Å²) in [5, 5.41) is 0. The minimum atomic E-state index is 0.283. The first kappa shape index (κ1) is 11.9. The predicted octanol–water partition coefficient (Wildman–Crippen LogP) is 3.06. The first-order valence-corrected chi connectivity index (χ1v) is 5.37. The van der Waals surface area contributed by atoms with Crippen LogP contribution in [0, 0.1) is 12.3 Å². The molecule has 0 saturated heterocycles. The number of rotatable bonds is 2. The lowest BCUT2D eigenvalue weighted by molar-refractivity contribution is 0.419. The van der Waals surface area contributed by atoms with Gasteiger partial charge >= 0.3 is 0 Å². The van der Waals surface area contributed by atoms with E-state index in [4.69, 9.17) is 5.73 Å². The van der Waals surface area contributed by atoms with Crippen molar-refractivity contribution in [2.45, 2.75) is 27.7 Å². The first-order valence-electron chi connectivity index (χ1n) is 5.37. The van der Waals surface area contributed by atoms with Crippen molar-refractivity contribution in [2.24, 2.45) is 5.41 Å². The van der Waals surface area contributed by atoms with Crippen LogP contribution in [0.4, 0.5) is 11.4 Å². The van der Waals surface area contributed by atoms with Crippen LogP contribution in [0.3, 0.4) is 0 Å². The molecule has 15 heavy (non-hydrogen) atoms. The smallest absolute Gasteiger partial charge is 0.0600 e.